The number of carbonyl (C=O) groups excluding carboxylic acids is 1. The molecule has 3 bridgehead atoms. The van der Waals surface area contributed by atoms with Crippen molar-refractivity contribution in [2.24, 2.45) is 23.7 Å². The van der Waals surface area contributed by atoms with E-state index in [9.17, 15) is 18.0 Å². The number of hydrogen-bond acceptors (Lipinski definition) is 2. The highest BCUT2D eigenvalue weighted by Crippen LogP contribution is 2.53. The van der Waals surface area contributed by atoms with E-state index in [4.69, 9.17) is 0 Å². The van der Waals surface area contributed by atoms with E-state index in [1.54, 1.807) is 20.8 Å². The number of nitrogens with one attached hydrogen (secondary N) is 1. The predicted octanol–water partition coefficient (Wildman–Crippen LogP) is 4.60. The molecule has 5 atom stereocenters. The number of halogens is 3. The van der Waals surface area contributed by atoms with Gasteiger partial charge in [-0.25, -0.2) is 0 Å². The first kappa shape index (κ1) is 18.8. The number of amides is 1. The molecule has 4 nitrogen and oxygen atoms in total. The molecule has 0 saturated heterocycles. The third kappa shape index (κ3) is 3.38. The molecule has 7 heteroatoms. The maximum atomic E-state index is 13.7. The Kier molecular flexibility index (Phi) is 4.35. The van der Waals surface area contributed by atoms with Crippen molar-refractivity contribution in [2.75, 3.05) is 0 Å². The summed E-state index contributed by atoms with van der Waals surface area (Å²) in [5.41, 5.74) is -2.17. The van der Waals surface area contributed by atoms with Crippen LogP contribution in [-0.4, -0.2) is 21.7 Å². The molecule has 150 valence electrons. The molecular formula is C20H28F3N3O. The summed E-state index contributed by atoms with van der Waals surface area (Å²) in [5, 5.41) is 6.88. The van der Waals surface area contributed by atoms with Gasteiger partial charge in [-0.2, -0.15) is 18.3 Å². The van der Waals surface area contributed by atoms with Crippen LogP contribution in [0.3, 0.4) is 0 Å². The van der Waals surface area contributed by atoms with Gasteiger partial charge in [0.2, 0.25) is 0 Å². The lowest BCUT2D eigenvalue weighted by Crippen LogP contribution is -2.41. The number of fused-ring (bicyclic) bond motifs is 2. The highest BCUT2D eigenvalue weighted by atomic mass is 19.4. The van der Waals surface area contributed by atoms with Crippen LogP contribution >= 0.6 is 0 Å². The first-order valence-electron chi connectivity index (χ1n) is 10.0. The third-order valence-corrected chi connectivity index (χ3v) is 6.79. The van der Waals surface area contributed by atoms with E-state index in [-0.39, 0.29) is 11.6 Å². The van der Waals surface area contributed by atoms with Crippen molar-refractivity contribution in [3.8, 4) is 0 Å². The molecule has 27 heavy (non-hydrogen) atoms. The van der Waals surface area contributed by atoms with Gasteiger partial charge in [0, 0.05) is 6.04 Å². The molecule has 1 amide bonds. The Bertz CT molecular complexity index is 734. The average molecular weight is 383 g/mol. The van der Waals surface area contributed by atoms with E-state index in [0.29, 0.717) is 11.8 Å². The average Bonchev–Trinajstić information content (AvgIpc) is 3.09. The summed E-state index contributed by atoms with van der Waals surface area (Å²) in [6.07, 6.45) is 3.25. The number of aromatic nitrogens is 2. The van der Waals surface area contributed by atoms with Gasteiger partial charge in [0.25, 0.3) is 5.91 Å². The van der Waals surface area contributed by atoms with Gasteiger partial charge in [-0.15, -0.1) is 0 Å². The van der Waals surface area contributed by atoms with Crippen molar-refractivity contribution in [3.05, 3.63) is 17.5 Å². The first-order chi connectivity index (χ1) is 12.5. The maximum Gasteiger partial charge on any atom is 0.433 e. The Balaban J connectivity index is 1.60. The van der Waals surface area contributed by atoms with E-state index in [2.05, 4.69) is 10.4 Å². The standard InChI is InChI=1S/C20H28F3N3O/c1-19(2,3)26-17(20(21,22)23)15(10-24-26)18(27)25-16-5-4-11-6-12-8-13(7-11)14(16)9-12/h10-14,16H,4-9H2,1-3H3,(H,25,27)/t11?,12?,13?,14?,16-/m0/s1. The largest absolute Gasteiger partial charge is 0.433 e. The highest BCUT2D eigenvalue weighted by molar-refractivity contribution is 5.95. The second-order valence-corrected chi connectivity index (χ2v) is 9.74. The molecule has 3 fully saturated rings. The van der Waals surface area contributed by atoms with Gasteiger partial charge in [0.05, 0.1) is 17.3 Å². The Morgan fingerprint density at radius 1 is 1.11 bits per heavy atom. The van der Waals surface area contributed by atoms with Gasteiger partial charge in [-0.3, -0.25) is 9.48 Å². The summed E-state index contributed by atoms with van der Waals surface area (Å²) in [6.45, 7) is 4.95. The Morgan fingerprint density at radius 3 is 2.48 bits per heavy atom. The maximum absolute atomic E-state index is 13.7. The summed E-state index contributed by atoms with van der Waals surface area (Å²) in [4.78, 5) is 12.8. The lowest BCUT2D eigenvalue weighted by molar-refractivity contribution is -0.146. The highest BCUT2D eigenvalue weighted by Gasteiger charge is 2.47. The van der Waals surface area contributed by atoms with Crippen molar-refractivity contribution in [2.45, 2.75) is 77.1 Å². The predicted molar refractivity (Wildman–Crippen MR) is 95.1 cm³/mol. The van der Waals surface area contributed by atoms with E-state index in [1.807, 2.05) is 0 Å². The van der Waals surface area contributed by atoms with Crippen molar-refractivity contribution in [1.82, 2.24) is 15.1 Å². The SMILES string of the molecule is CC(C)(C)n1ncc(C(=O)N[C@H]2CCC3CC4CC(C3)C2C4)c1C(F)(F)F. The zero-order chi connectivity index (χ0) is 19.6. The van der Waals surface area contributed by atoms with Gasteiger partial charge in [0.1, 0.15) is 0 Å². The Labute approximate surface area is 157 Å². The minimum absolute atomic E-state index is 0.0168. The quantitative estimate of drug-likeness (QED) is 0.811. The zero-order valence-corrected chi connectivity index (χ0v) is 16.1. The first-order valence-corrected chi connectivity index (χ1v) is 10.0. The Hall–Kier alpha value is -1.53. The van der Waals surface area contributed by atoms with Crippen molar-refractivity contribution < 1.29 is 18.0 Å². The fraction of sp³-hybridized carbons (Fsp3) is 0.800. The van der Waals surface area contributed by atoms with Gasteiger partial charge in [-0.05, 0) is 83.0 Å². The number of rotatable bonds is 2. The summed E-state index contributed by atoms with van der Waals surface area (Å²) in [7, 11) is 0. The second kappa shape index (κ2) is 6.24. The van der Waals surface area contributed by atoms with Gasteiger partial charge < -0.3 is 5.32 Å². The molecule has 0 radical (unpaired) electrons. The number of nitrogens with zero attached hydrogens (tertiary/aromatic N) is 2. The summed E-state index contributed by atoms with van der Waals surface area (Å²) >= 11 is 0. The van der Waals surface area contributed by atoms with E-state index in [1.165, 1.54) is 19.3 Å². The summed E-state index contributed by atoms with van der Waals surface area (Å²) in [6, 6.07) is -0.0168. The minimum atomic E-state index is -4.63. The molecule has 4 unspecified atom stereocenters. The molecule has 1 aromatic heterocycles. The lowest BCUT2D eigenvalue weighted by Gasteiger charge is -2.27. The number of alkyl halides is 3. The number of hydrogen-bond donors (Lipinski definition) is 1. The second-order valence-electron chi connectivity index (χ2n) is 9.74. The molecule has 1 N–H and O–H groups in total. The fourth-order valence-corrected chi connectivity index (χ4v) is 5.81. The van der Waals surface area contributed by atoms with Gasteiger partial charge >= 0.3 is 6.18 Å². The van der Waals surface area contributed by atoms with Crippen LogP contribution in [0, 0.1) is 23.7 Å². The summed E-state index contributed by atoms with van der Waals surface area (Å²) < 4.78 is 42.0. The lowest BCUT2D eigenvalue weighted by atomic mass is 9.80. The topological polar surface area (TPSA) is 46.9 Å². The number of carbonyl (C=O) groups is 1. The van der Waals surface area contributed by atoms with Crippen LogP contribution in [0.15, 0.2) is 6.20 Å². The molecule has 3 aliphatic carbocycles. The van der Waals surface area contributed by atoms with Crippen LogP contribution in [0.1, 0.15) is 75.3 Å². The fourth-order valence-electron chi connectivity index (χ4n) is 5.81. The van der Waals surface area contributed by atoms with Crippen molar-refractivity contribution in [1.29, 1.82) is 0 Å². The molecule has 3 saturated carbocycles. The molecule has 4 rings (SSSR count). The zero-order valence-electron chi connectivity index (χ0n) is 16.1. The Morgan fingerprint density at radius 2 is 1.81 bits per heavy atom. The molecule has 0 aliphatic heterocycles. The summed E-state index contributed by atoms with van der Waals surface area (Å²) in [5.74, 6) is 1.88. The third-order valence-electron chi connectivity index (χ3n) is 6.79. The molecule has 3 aliphatic rings. The van der Waals surface area contributed by atoms with E-state index in [0.717, 1.165) is 42.0 Å². The molecule has 0 aromatic carbocycles. The molecule has 1 heterocycles. The van der Waals surface area contributed by atoms with Gasteiger partial charge in [0.15, 0.2) is 5.69 Å². The van der Waals surface area contributed by atoms with Crippen LogP contribution in [0.2, 0.25) is 0 Å². The van der Waals surface area contributed by atoms with Crippen LogP contribution < -0.4 is 5.32 Å². The minimum Gasteiger partial charge on any atom is -0.349 e. The van der Waals surface area contributed by atoms with Crippen LogP contribution in [-0.2, 0) is 11.7 Å². The molecular weight excluding hydrogens is 355 g/mol. The van der Waals surface area contributed by atoms with E-state index >= 15 is 0 Å². The molecule has 0 spiro atoms. The van der Waals surface area contributed by atoms with Crippen molar-refractivity contribution >= 4 is 5.91 Å². The van der Waals surface area contributed by atoms with Crippen molar-refractivity contribution in [3.63, 3.8) is 0 Å². The smallest absolute Gasteiger partial charge is 0.349 e. The van der Waals surface area contributed by atoms with Crippen LogP contribution in [0.4, 0.5) is 13.2 Å². The van der Waals surface area contributed by atoms with Crippen LogP contribution in [0.25, 0.3) is 0 Å². The van der Waals surface area contributed by atoms with Gasteiger partial charge in [-0.1, -0.05) is 0 Å². The van der Waals surface area contributed by atoms with E-state index < -0.39 is 23.3 Å². The monoisotopic (exact) mass is 383 g/mol. The normalized spacial score (nSPS) is 33.2. The molecule has 1 aromatic rings. The van der Waals surface area contributed by atoms with Crippen LogP contribution in [0.5, 0.6) is 0 Å².